The summed E-state index contributed by atoms with van der Waals surface area (Å²) in [6.45, 7) is 2.42. The van der Waals surface area contributed by atoms with E-state index in [9.17, 15) is 9.59 Å². The van der Waals surface area contributed by atoms with E-state index in [0.717, 1.165) is 5.92 Å². The van der Waals surface area contributed by atoms with Crippen molar-refractivity contribution in [1.82, 2.24) is 0 Å². The minimum Gasteiger partial charge on any atom is -0.478 e. The normalized spacial score (nSPS) is 17.6. The molecule has 34 heavy (non-hydrogen) atoms. The summed E-state index contributed by atoms with van der Waals surface area (Å²) in [5, 5.41) is 16.8. The van der Waals surface area contributed by atoms with E-state index in [1.807, 2.05) is 0 Å². The zero-order valence-corrected chi connectivity index (χ0v) is 21.7. The maximum Gasteiger partial charge on any atom is 2.00 e. The van der Waals surface area contributed by atoms with Crippen LogP contribution < -0.4 is 0 Å². The second-order valence-electron chi connectivity index (χ2n) is 8.31. The summed E-state index contributed by atoms with van der Waals surface area (Å²) in [5.41, 5.74) is 7.73. The fourth-order valence-electron chi connectivity index (χ4n) is 4.67. The first kappa shape index (κ1) is 29.5. The quantitative estimate of drug-likeness (QED) is 0.337. The van der Waals surface area contributed by atoms with Crippen LogP contribution in [0.25, 0.3) is 0 Å². The molecule has 0 heterocycles. The average molecular weight is 494 g/mol. The molecule has 3 aliphatic carbocycles. The van der Waals surface area contributed by atoms with Gasteiger partial charge in [-0.25, -0.2) is 21.6 Å². The SMILES string of the molecule is CC1C2=C(CCC[CH-]2)C2=C1CCCC2.O=C(O)c1ccccc1.O=C(O)c1ccccc1.[CH3-].[Ti+2]. The van der Waals surface area contributed by atoms with Crippen LogP contribution in [0.4, 0.5) is 0 Å². The Labute approximate surface area is 218 Å². The van der Waals surface area contributed by atoms with Gasteiger partial charge in [-0.3, -0.25) is 0 Å². The van der Waals surface area contributed by atoms with Gasteiger partial charge in [-0.1, -0.05) is 68.2 Å². The van der Waals surface area contributed by atoms with Crippen LogP contribution in [0.5, 0.6) is 0 Å². The van der Waals surface area contributed by atoms with Gasteiger partial charge >= 0.3 is 33.7 Å². The fourth-order valence-corrected chi connectivity index (χ4v) is 4.67. The van der Waals surface area contributed by atoms with Gasteiger partial charge in [0.25, 0.3) is 0 Å². The molecule has 0 amide bonds. The summed E-state index contributed by atoms with van der Waals surface area (Å²) in [6, 6.07) is 16.6. The molecule has 2 N–H and O–H groups in total. The Morgan fingerprint density at radius 2 is 1.24 bits per heavy atom. The molecule has 0 bridgehead atoms. The number of carbonyl (C=O) groups is 2. The van der Waals surface area contributed by atoms with Crippen LogP contribution >= 0.6 is 0 Å². The van der Waals surface area contributed by atoms with Crippen LogP contribution in [0.1, 0.15) is 72.6 Å². The largest absolute Gasteiger partial charge is 2.00 e. The third kappa shape index (κ3) is 7.75. The van der Waals surface area contributed by atoms with Crippen molar-refractivity contribution in [3.05, 3.63) is 108 Å². The number of carboxylic acids is 2. The molecule has 178 valence electrons. The number of aromatic carboxylic acids is 2. The van der Waals surface area contributed by atoms with Crippen molar-refractivity contribution in [2.45, 2.75) is 51.9 Å². The molecule has 5 heteroatoms. The minimum atomic E-state index is -0.879. The van der Waals surface area contributed by atoms with Crippen LogP contribution in [0.3, 0.4) is 0 Å². The van der Waals surface area contributed by atoms with Crippen molar-refractivity contribution in [3.8, 4) is 0 Å². The van der Waals surface area contributed by atoms with Crippen molar-refractivity contribution in [3.63, 3.8) is 0 Å². The van der Waals surface area contributed by atoms with Gasteiger partial charge in [-0.15, -0.1) is 12.0 Å². The second kappa shape index (κ2) is 14.7. The summed E-state index contributed by atoms with van der Waals surface area (Å²) in [7, 11) is 0. The number of carboxylic acid groups (broad SMARTS) is 2. The molecule has 4 nitrogen and oxygen atoms in total. The zero-order valence-electron chi connectivity index (χ0n) is 20.1. The number of allylic oxidation sites excluding steroid dienone is 4. The third-order valence-corrected chi connectivity index (χ3v) is 6.25. The zero-order chi connectivity index (χ0) is 22.9. The first-order valence-electron chi connectivity index (χ1n) is 11.3. The Balaban J connectivity index is 0.000000258. The molecule has 2 aromatic carbocycles. The topological polar surface area (TPSA) is 74.6 Å². The molecule has 1 unspecified atom stereocenters. The van der Waals surface area contributed by atoms with Crippen LogP contribution in [0.15, 0.2) is 83.0 Å². The van der Waals surface area contributed by atoms with Crippen molar-refractivity contribution in [2.75, 3.05) is 0 Å². The van der Waals surface area contributed by atoms with Gasteiger partial charge in [-0.05, 0) is 49.4 Å². The summed E-state index contributed by atoms with van der Waals surface area (Å²) < 4.78 is 0. The van der Waals surface area contributed by atoms with Gasteiger partial charge in [0.05, 0.1) is 11.1 Å². The molecule has 0 spiro atoms. The maximum atomic E-state index is 10.2. The smallest absolute Gasteiger partial charge is 0.478 e. The van der Waals surface area contributed by atoms with Crippen molar-refractivity contribution >= 4 is 11.9 Å². The molecular formula is C29H34O4Ti. The van der Waals surface area contributed by atoms with Gasteiger partial charge in [-0.2, -0.15) is 5.57 Å². The fraction of sp³-hybridized carbons (Fsp3) is 0.310. The predicted molar refractivity (Wildman–Crippen MR) is 133 cm³/mol. The van der Waals surface area contributed by atoms with Gasteiger partial charge in [0, 0.05) is 0 Å². The molecule has 0 fully saturated rings. The summed E-state index contributed by atoms with van der Waals surface area (Å²) >= 11 is 0. The number of rotatable bonds is 2. The standard InChI is InChI=1S/C14H19.2C7H6O2.CH3.Ti/c1-10-11-6-2-4-8-13(11)14-9-5-3-7-12(10)14;2*8-7(9)6-4-2-1-3-5-6;;/h6,10H,2-5,7-9H2,1H3;2*1-5H,(H,8,9);1H3;/q-1;;;-1;+2. The van der Waals surface area contributed by atoms with E-state index < -0.39 is 11.9 Å². The molecule has 0 saturated carbocycles. The molecule has 0 aliphatic heterocycles. The van der Waals surface area contributed by atoms with E-state index in [2.05, 4.69) is 13.3 Å². The summed E-state index contributed by atoms with van der Waals surface area (Å²) in [6.07, 6.45) is 12.2. The summed E-state index contributed by atoms with van der Waals surface area (Å²) in [5.74, 6) is -0.980. The van der Waals surface area contributed by atoms with E-state index in [1.165, 1.54) is 44.9 Å². The molecule has 0 aromatic heterocycles. The van der Waals surface area contributed by atoms with Crippen LogP contribution in [0.2, 0.25) is 0 Å². The third-order valence-electron chi connectivity index (χ3n) is 6.25. The Kier molecular flexibility index (Phi) is 12.7. The van der Waals surface area contributed by atoms with Crippen LogP contribution in [-0.2, 0) is 21.7 Å². The summed E-state index contributed by atoms with van der Waals surface area (Å²) in [4.78, 5) is 20.4. The van der Waals surface area contributed by atoms with Crippen LogP contribution in [0, 0.1) is 19.8 Å². The Morgan fingerprint density at radius 3 is 1.71 bits per heavy atom. The molecule has 2 aromatic rings. The average Bonchev–Trinajstić information content (AvgIpc) is 3.13. The number of hydrogen-bond donors (Lipinski definition) is 2. The Morgan fingerprint density at radius 1 is 0.765 bits per heavy atom. The molecule has 5 rings (SSSR count). The molecule has 0 radical (unpaired) electrons. The first-order valence-corrected chi connectivity index (χ1v) is 11.3. The van der Waals surface area contributed by atoms with Crippen molar-refractivity contribution < 1.29 is 41.5 Å². The van der Waals surface area contributed by atoms with E-state index in [0.29, 0.717) is 11.1 Å². The minimum absolute atomic E-state index is 0. The van der Waals surface area contributed by atoms with Gasteiger partial charge < -0.3 is 17.6 Å². The maximum absolute atomic E-state index is 10.2. The van der Waals surface area contributed by atoms with E-state index in [-0.39, 0.29) is 29.1 Å². The van der Waals surface area contributed by atoms with Gasteiger partial charge in [0.2, 0.25) is 0 Å². The predicted octanol–water partition coefficient (Wildman–Crippen LogP) is 7.41. The molecule has 1 atom stereocenters. The van der Waals surface area contributed by atoms with E-state index in [4.69, 9.17) is 10.2 Å². The second-order valence-corrected chi connectivity index (χ2v) is 8.31. The molecule has 0 saturated heterocycles. The van der Waals surface area contributed by atoms with Crippen molar-refractivity contribution in [2.24, 2.45) is 5.92 Å². The van der Waals surface area contributed by atoms with Gasteiger partial charge in [0.15, 0.2) is 0 Å². The number of hydrogen-bond acceptors (Lipinski definition) is 2. The first-order chi connectivity index (χ1) is 15.5. The van der Waals surface area contributed by atoms with Crippen molar-refractivity contribution in [1.29, 1.82) is 0 Å². The Hall–Kier alpha value is -2.56. The van der Waals surface area contributed by atoms with Gasteiger partial charge in [0.1, 0.15) is 0 Å². The Bertz CT molecular complexity index is 912. The monoisotopic (exact) mass is 494 g/mol. The molecular weight excluding hydrogens is 460 g/mol. The van der Waals surface area contributed by atoms with E-state index in [1.54, 1.807) is 83.0 Å². The number of benzene rings is 2. The van der Waals surface area contributed by atoms with Crippen LogP contribution in [-0.4, -0.2) is 22.2 Å². The van der Waals surface area contributed by atoms with E-state index >= 15 is 0 Å². The number of fused-ring (bicyclic) bond motifs is 1. The molecule has 3 aliphatic rings.